The molecule has 1 fully saturated rings. The Kier molecular flexibility index (Phi) is 7.31. The Morgan fingerprint density at radius 2 is 2.00 bits per heavy atom. The predicted molar refractivity (Wildman–Crippen MR) is 111 cm³/mol. The number of piperidine rings is 1. The van der Waals surface area contributed by atoms with Crippen molar-refractivity contribution < 1.29 is 14.7 Å². The van der Waals surface area contributed by atoms with Crippen LogP contribution in [0.5, 0.6) is 0 Å². The van der Waals surface area contributed by atoms with Crippen LogP contribution in [0.25, 0.3) is 0 Å². The molecular weight excluding hydrogens is 378 g/mol. The number of aromatic nitrogens is 1. The van der Waals surface area contributed by atoms with E-state index in [0.29, 0.717) is 43.4 Å². The fourth-order valence-electron chi connectivity index (χ4n) is 3.94. The van der Waals surface area contributed by atoms with Crippen LogP contribution in [-0.2, 0) is 16.3 Å². The smallest absolute Gasteiger partial charge is 0.226 e. The van der Waals surface area contributed by atoms with E-state index in [4.69, 9.17) is 5.26 Å². The lowest BCUT2D eigenvalue weighted by molar-refractivity contribution is -0.141. The van der Waals surface area contributed by atoms with Crippen LogP contribution >= 0.6 is 0 Å². The Hall–Kier alpha value is -3.04. The molecule has 0 spiro atoms. The number of aryl methyl sites for hydroxylation is 1. The van der Waals surface area contributed by atoms with Gasteiger partial charge in [0.15, 0.2) is 5.78 Å². The zero-order valence-corrected chi connectivity index (χ0v) is 17.2. The van der Waals surface area contributed by atoms with E-state index in [1.807, 2.05) is 24.3 Å². The van der Waals surface area contributed by atoms with E-state index in [1.165, 1.54) is 0 Å². The molecule has 1 saturated heterocycles. The van der Waals surface area contributed by atoms with Crippen LogP contribution < -0.4 is 0 Å². The zero-order valence-electron chi connectivity index (χ0n) is 17.2. The maximum absolute atomic E-state index is 13.1. The molecule has 0 N–H and O–H groups in total. The molecule has 1 aliphatic heterocycles. The van der Waals surface area contributed by atoms with Gasteiger partial charge in [-0.15, -0.1) is 0 Å². The maximum atomic E-state index is 13.1. The van der Waals surface area contributed by atoms with Crippen molar-refractivity contribution in [2.45, 2.75) is 51.2 Å². The number of likely N-dealkylation sites (tertiary alicyclic amines) is 1. The molecule has 155 valence electrons. The Morgan fingerprint density at radius 1 is 1.23 bits per heavy atom. The van der Waals surface area contributed by atoms with Gasteiger partial charge in [0.05, 0.1) is 17.7 Å². The molecule has 3 atom stereocenters. The second-order valence-electron chi connectivity index (χ2n) is 7.91. The monoisotopic (exact) mass is 404 g/mol. The third-order valence-electron chi connectivity index (χ3n) is 5.66. The fourth-order valence-corrected chi connectivity index (χ4v) is 3.94. The summed E-state index contributed by atoms with van der Waals surface area (Å²) in [6, 6.07) is 14.1. The number of rotatable bonds is 7. The van der Waals surface area contributed by atoms with E-state index < -0.39 is 12.0 Å². The molecule has 3 rings (SSSR count). The first kappa shape index (κ1) is 21.7. The highest BCUT2D eigenvalue weighted by Gasteiger charge is 2.34. The van der Waals surface area contributed by atoms with Crippen molar-refractivity contribution in [3.63, 3.8) is 0 Å². The first-order valence-electron chi connectivity index (χ1n) is 10.4. The summed E-state index contributed by atoms with van der Waals surface area (Å²) in [7, 11) is 0. The number of nitrogens with zero attached hydrogens (tertiary/aromatic N) is 3. The van der Waals surface area contributed by atoms with E-state index in [9.17, 15) is 14.7 Å². The molecule has 1 amide bonds. The molecule has 2 aromatic rings. The van der Waals surface area contributed by atoms with Crippen LogP contribution in [0.2, 0.25) is 0 Å². The van der Waals surface area contributed by atoms with Crippen LogP contribution in [0.4, 0.5) is 0 Å². The van der Waals surface area contributed by atoms with Crippen LogP contribution in [-0.4, -0.2) is 40.3 Å². The van der Waals surface area contributed by atoms with Crippen LogP contribution in [0.15, 0.2) is 48.7 Å². The minimum absolute atomic E-state index is 0.0742. The molecule has 6 heteroatoms. The fraction of sp³-hybridized carbons (Fsp3) is 0.417. The lowest BCUT2D eigenvalue weighted by Gasteiger charge is -2.38. The van der Waals surface area contributed by atoms with Gasteiger partial charge in [0.1, 0.15) is 0 Å². The first-order valence-corrected chi connectivity index (χ1v) is 10.4. The van der Waals surface area contributed by atoms with E-state index in [-0.39, 0.29) is 24.2 Å². The molecule has 30 heavy (non-hydrogen) atoms. The molecule has 2 heterocycles. The van der Waals surface area contributed by atoms with Gasteiger partial charge in [-0.2, -0.15) is 5.26 Å². The lowest BCUT2D eigenvalue weighted by atomic mass is 9.92. The number of hydrogen-bond donors (Lipinski definition) is 0. The molecule has 1 aromatic carbocycles. The second-order valence-corrected chi connectivity index (χ2v) is 7.91. The SMILES string of the molecule is CC(CC(=O)c1ccc(C#N)cc1)C(=O)N1CC[C@@H]([O])CC1CCc1ccccn1. The summed E-state index contributed by atoms with van der Waals surface area (Å²) in [5, 5.41) is 21.0. The molecule has 2 unspecified atom stereocenters. The van der Waals surface area contributed by atoms with Crippen LogP contribution in [0.3, 0.4) is 0 Å². The van der Waals surface area contributed by atoms with Gasteiger partial charge in [-0.25, -0.2) is 5.11 Å². The molecule has 1 aromatic heterocycles. The van der Waals surface area contributed by atoms with Gasteiger partial charge in [0, 0.05) is 42.4 Å². The van der Waals surface area contributed by atoms with E-state index in [0.717, 1.165) is 5.69 Å². The Labute approximate surface area is 177 Å². The molecule has 0 saturated carbocycles. The Balaban J connectivity index is 1.62. The number of carbonyl (C=O) groups excluding carboxylic acids is 2. The van der Waals surface area contributed by atoms with Crippen LogP contribution in [0.1, 0.15) is 54.2 Å². The van der Waals surface area contributed by atoms with Crippen molar-refractivity contribution in [3.8, 4) is 6.07 Å². The number of pyridine rings is 1. The van der Waals surface area contributed by atoms with Crippen molar-refractivity contribution in [2.75, 3.05) is 6.54 Å². The van der Waals surface area contributed by atoms with Gasteiger partial charge in [0.2, 0.25) is 5.91 Å². The van der Waals surface area contributed by atoms with Gasteiger partial charge >= 0.3 is 0 Å². The molecule has 1 aliphatic rings. The summed E-state index contributed by atoms with van der Waals surface area (Å²) in [4.78, 5) is 31.8. The van der Waals surface area contributed by atoms with Gasteiger partial charge < -0.3 is 4.90 Å². The van der Waals surface area contributed by atoms with E-state index in [1.54, 1.807) is 42.3 Å². The summed E-state index contributed by atoms with van der Waals surface area (Å²) in [6.45, 7) is 2.21. The predicted octanol–water partition coefficient (Wildman–Crippen LogP) is 3.59. The van der Waals surface area contributed by atoms with Crippen molar-refractivity contribution in [3.05, 3.63) is 65.5 Å². The molecule has 0 bridgehead atoms. The maximum Gasteiger partial charge on any atom is 0.226 e. The number of nitriles is 1. The van der Waals surface area contributed by atoms with Crippen LogP contribution in [0, 0.1) is 17.2 Å². The standard InChI is InChI=1S/C24H26N3O3/c1-17(14-23(29)19-7-5-18(16-25)6-8-19)24(30)27-13-11-22(28)15-21(27)10-9-20-4-2-3-12-26-20/h2-8,12,17,21-22H,9-11,13-15H2,1H3/t17?,21?,22-/m1/s1. The number of carbonyl (C=O) groups is 2. The van der Waals surface area contributed by atoms with Gasteiger partial charge in [0.25, 0.3) is 0 Å². The lowest BCUT2D eigenvalue weighted by Crippen LogP contribution is -2.49. The van der Waals surface area contributed by atoms with Crippen molar-refractivity contribution in [1.82, 2.24) is 9.88 Å². The third-order valence-corrected chi connectivity index (χ3v) is 5.66. The first-order chi connectivity index (χ1) is 14.5. The molecule has 6 nitrogen and oxygen atoms in total. The summed E-state index contributed by atoms with van der Waals surface area (Å²) in [5.41, 5.74) is 1.94. The highest BCUT2D eigenvalue weighted by atomic mass is 16.3. The Bertz CT molecular complexity index is 906. The number of benzene rings is 1. The summed E-state index contributed by atoms with van der Waals surface area (Å²) in [5.74, 6) is -0.660. The minimum atomic E-state index is -0.654. The second kappa shape index (κ2) is 10.1. The largest absolute Gasteiger partial charge is 0.339 e. The van der Waals surface area contributed by atoms with Crippen molar-refractivity contribution >= 4 is 11.7 Å². The highest BCUT2D eigenvalue weighted by molar-refractivity contribution is 5.98. The number of hydrogen-bond acceptors (Lipinski definition) is 4. The Morgan fingerprint density at radius 3 is 2.67 bits per heavy atom. The third kappa shape index (κ3) is 5.52. The molecule has 0 aliphatic carbocycles. The van der Waals surface area contributed by atoms with Crippen molar-refractivity contribution in [1.29, 1.82) is 5.26 Å². The molecule has 1 radical (unpaired) electrons. The van der Waals surface area contributed by atoms with Gasteiger partial charge in [-0.1, -0.05) is 25.1 Å². The summed E-state index contributed by atoms with van der Waals surface area (Å²) >= 11 is 0. The molecular formula is C24H26N3O3. The number of Topliss-reactive ketones (excluding diaryl/α,β-unsaturated/α-hetero) is 1. The topological polar surface area (TPSA) is 94.0 Å². The van der Waals surface area contributed by atoms with Gasteiger partial charge in [-0.05, 0) is 49.9 Å². The summed E-state index contributed by atoms with van der Waals surface area (Å²) in [6.07, 6.45) is 3.48. The van der Waals surface area contributed by atoms with E-state index >= 15 is 0 Å². The zero-order chi connectivity index (χ0) is 21.5. The average molecular weight is 404 g/mol. The quantitative estimate of drug-likeness (QED) is 0.659. The minimum Gasteiger partial charge on any atom is -0.339 e. The average Bonchev–Trinajstić information content (AvgIpc) is 2.78. The van der Waals surface area contributed by atoms with E-state index in [2.05, 4.69) is 4.98 Å². The number of ketones is 1. The van der Waals surface area contributed by atoms with Crippen molar-refractivity contribution in [2.24, 2.45) is 5.92 Å². The summed E-state index contributed by atoms with van der Waals surface area (Å²) < 4.78 is 0. The highest BCUT2D eigenvalue weighted by Crippen LogP contribution is 2.25. The van der Waals surface area contributed by atoms with Gasteiger partial charge in [-0.3, -0.25) is 14.6 Å². The normalized spacial score (nSPS) is 19.7. The number of amides is 1.